The summed E-state index contributed by atoms with van der Waals surface area (Å²) in [6.07, 6.45) is 0. The van der Waals surface area contributed by atoms with Crippen molar-refractivity contribution in [3.63, 3.8) is 0 Å². The summed E-state index contributed by atoms with van der Waals surface area (Å²) in [6.45, 7) is 2.00. The molecule has 0 spiro atoms. The number of anilines is 1. The highest BCUT2D eigenvalue weighted by Gasteiger charge is 2.21. The molecule has 0 amide bonds. The summed E-state index contributed by atoms with van der Waals surface area (Å²) < 4.78 is 1.70. The molecule has 0 unspecified atom stereocenters. The molecule has 102 valence electrons. The van der Waals surface area contributed by atoms with Crippen LogP contribution >= 0.6 is 22.9 Å². The Morgan fingerprint density at radius 2 is 1.95 bits per heavy atom. The molecule has 0 saturated heterocycles. The van der Waals surface area contributed by atoms with Crippen molar-refractivity contribution >= 4 is 28.8 Å². The highest BCUT2D eigenvalue weighted by Crippen LogP contribution is 2.42. The first kappa shape index (κ1) is 13.2. The van der Waals surface area contributed by atoms with E-state index in [0.717, 1.165) is 32.3 Å². The van der Waals surface area contributed by atoms with Crippen LogP contribution in [-0.2, 0) is 7.05 Å². The topological polar surface area (TPSA) is 43.8 Å². The van der Waals surface area contributed by atoms with Crippen LogP contribution in [0.2, 0.25) is 5.02 Å². The molecule has 0 fully saturated rings. The second-order valence-corrected chi connectivity index (χ2v) is 5.92. The summed E-state index contributed by atoms with van der Waals surface area (Å²) in [6, 6.07) is 10.0. The van der Waals surface area contributed by atoms with E-state index in [4.69, 9.17) is 17.3 Å². The summed E-state index contributed by atoms with van der Waals surface area (Å²) in [5, 5.41) is 7.34. The molecular weight excluding hydrogens is 290 g/mol. The summed E-state index contributed by atoms with van der Waals surface area (Å²) in [5.41, 5.74) is 10.1. The summed E-state index contributed by atoms with van der Waals surface area (Å²) in [4.78, 5) is 0.968. The molecule has 0 aliphatic rings. The second-order valence-electron chi connectivity index (χ2n) is 4.66. The van der Waals surface area contributed by atoms with Gasteiger partial charge in [-0.3, -0.25) is 4.68 Å². The predicted molar refractivity (Wildman–Crippen MR) is 86.1 cm³/mol. The number of hydrogen-bond acceptors (Lipinski definition) is 3. The molecule has 0 atom stereocenters. The third-order valence-corrected chi connectivity index (χ3v) is 4.97. The van der Waals surface area contributed by atoms with E-state index in [9.17, 15) is 0 Å². The highest BCUT2D eigenvalue weighted by molar-refractivity contribution is 7.14. The smallest absolute Gasteiger partial charge is 0.129 e. The monoisotopic (exact) mass is 303 g/mol. The maximum absolute atomic E-state index is 6.38. The lowest BCUT2D eigenvalue weighted by atomic mass is 10.0. The van der Waals surface area contributed by atoms with Gasteiger partial charge in [0.1, 0.15) is 11.5 Å². The van der Waals surface area contributed by atoms with E-state index in [1.807, 2.05) is 49.7 Å². The molecule has 5 heteroatoms. The average Bonchev–Trinajstić information content (AvgIpc) is 2.93. The van der Waals surface area contributed by atoms with Crippen LogP contribution in [-0.4, -0.2) is 9.78 Å². The minimum atomic E-state index is 0.647. The molecule has 3 aromatic rings. The third kappa shape index (κ3) is 2.01. The zero-order valence-electron chi connectivity index (χ0n) is 11.2. The Hall–Kier alpha value is -1.78. The van der Waals surface area contributed by atoms with E-state index in [-0.39, 0.29) is 0 Å². The van der Waals surface area contributed by atoms with Gasteiger partial charge in [-0.2, -0.15) is 5.10 Å². The standard InChI is InChI=1S/C15H14ClN3S/c1-9-8-20-14(12(9)16)13-11(15(17)19(2)18-13)10-6-4-3-5-7-10/h3-8H,17H2,1-2H3. The van der Waals surface area contributed by atoms with Gasteiger partial charge in [-0.15, -0.1) is 11.3 Å². The van der Waals surface area contributed by atoms with Gasteiger partial charge >= 0.3 is 0 Å². The fourth-order valence-corrected chi connectivity index (χ4v) is 3.45. The first-order valence-electron chi connectivity index (χ1n) is 6.21. The molecule has 2 N–H and O–H groups in total. The number of rotatable bonds is 2. The van der Waals surface area contributed by atoms with Crippen LogP contribution in [0.15, 0.2) is 35.7 Å². The van der Waals surface area contributed by atoms with E-state index in [2.05, 4.69) is 5.10 Å². The van der Waals surface area contributed by atoms with E-state index in [1.54, 1.807) is 16.0 Å². The van der Waals surface area contributed by atoms with Gasteiger partial charge in [0.25, 0.3) is 0 Å². The predicted octanol–water partition coefficient (Wildman–Crippen LogP) is 4.36. The fourth-order valence-electron chi connectivity index (χ4n) is 2.17. The van der Waals surface area contributed by atoms with Crippen LogP contribution in [0.3, 0.4) is 0 Å². The lowest BCUT2D eigenvalue weighted by molar-refractivity contribution is 0.783. The van der Waals surface area contributed by atoms with Gasteiger partial charge in [0, 0.05) is 7.05 Å². The van der Waals surface area contributed by atoms with E-state index >= 15 is 0 Å². The zero-order valence-corrected chi connectivity index (χ0v) is 12.8. The van der Waals surface area contributed by atoms with E-state index in [0.29, 0.717) is 5.82 Å². The summed E-state index contributed by atoms with van der Waals surface area (Å²) in [5.74, 6) is 0.647. The minimum absolute atomic E-state index is 0.647. The molecule has 3 rings (SSSR count). The Balaban J connectivity index is 2.28. The van der Waals surface area contributed by atoms with Gasteiger partial charge in [-0.05, 0) is 23.4 Å². The molecule has 0 bridgehead atoms. The minimum Gasteiger partial charge on any atom is -0.383 e. The van der Waals surface area contributed by atoms with Crippen LogP contribution < -0.4 is 5.73 Å². The van der Waals surface area contributed by atoms with Gasteiger partial charge < -0.3 is 5.73 Å². The zero-order chi connectivity index (χ0) is 14.3. The highest BCUT2D eigenvalue weighted by atomic mass is 35.5. The van der Waals surface area contributed by atoms with Crippen molar-refractivity contribution in [1.82, 2.24) is 9.78 Å². The summed E-state index contributed by atoms with van der Waals surface area (Å²) >= 11 is 7.98. The first-order chi connectivity index (χ1) is 9.59. The summed E-state index contributed by atoms with van der Waals surface area (Å²) in [7, 11) is 1.85. The van der Waals surface area contributed by atoms with Gasteiger partial charge in [-0.1, -0.05) is 41.9 Å². The molecule has 20 heavy (non-hydrogen) atoms. The fraction of sp³-hybridized carbons (Fsp3) is 0.133. The van der Waals surface area contributed by atoms with Crippen molar-refractivity contribution in [1.29, 1.82) is 0 Å². The molecule has 3 nitrogen and oxygen atoms in total. The van der Waals surface area contributed by atoms with Crippen LogP contribution in [0.5, 0.6) is 0 Å². The lowest BCUT2D eigenvalue weighted by Crippen LogP contribution is -1.97. The lowest BCUT2D eigenvalue weighted by Gasteiger charge is -2.03. The number of aryl methyl sites for hydroxylation is 2. The van der Waals surface area contributed by atoms with Crippen molar-refractivity contribution in [2.75, 3.05) is 5.73 Å². The second kappa shape index (κ2) is 4.96. The maximum Gasteiger partial charge on any atom is 0.129 e. The van der Waals surface area contributed by atoms with Crippen LogP contribution in [0.25, 0.3) is 21.7 Å². The maximum atomic E-state index is 6.38. The molecule has 0 radical (unpaired) electrons. The Labute approximate surface area is 126 Å². The molecule has 0 aliphatic carbocycles. The number of nitrogens with zero attached hydrogens (tertiary/aromatic N) is 2. The first-order valence-corrected chi connectivity index (χ1v) is 7.47. The van der Waals surface area contributed by atoms with Crippen LogP contribution in [0.1, 0.15) is 5.56 Å². The largest absolute Gasteiger partial charge is 0.383 e. The van der Waals surface area contributed by atoms with Crippen molar-refractivity contribution in [2.24, 2.45) is 7.05 Å². The Bertz CT molecular complexity index is 759. The molecule has 2 aromatic heterocycles. The van der Waals surface area contributed by atoms with Crippen molar-refractivity contribution in [3.05, 3.63) is 46.3 Å². The Morgan fingerprint density at radius 3 is 2.55 bits per heavy atom. The van der Waals surface area contributed by atoms with Crippen LogP contribution in [0.4, 0.5) is 5.82 Å². The van der Waals surface area contributed by atoms with Gasteiger partial charge in [0.05, 0.1) is 15.5 Å². The third-order valence-electron chi connectivity index (χ3n) is 3.27. The SMILES string of the molecule is Cc1csc(-c2nn(C)c(N)c2-c2ccccc2)c1Cl. The quantitative estimate of drug-likeness (QED) is 0.764. The van der Waals surface area contributed by atoms with Gasteiger partial charge in [0.15, 0.2) is 0 Å². The van der Waals surface area contributed by atoms with E-state index < -0.39 is 0 Å². The molecule has 2 heterocycles. The van der Waals surface area contributed by atoms with Gasteiger partial charge in [0.2, 0.25) is 0 Å². The molecule has 1 aromatic carbocycles. The molecule has 0 aliphatic heterocycles. The Kier molecular flexibility index (Phi) is 3.28. The molecule has 0 saturated carbocycles. The number of thiophene rings is 1. The number of nitrogen functional groups attached to an aromatic ring is 1. The normalized spacial score (nSPS) is 10.9. The number of halogens is 1. The van der Waals surface area contributed by atoms with Crippen molar-refractivity contribution in [3.8, 4) is 21.7 Å². The van der Waals surface area contributed by atoms with Crippen molar-refractivity contribution in [2.45, 2.75) is 6.92 Å². The molecular formula is C15H14ClN3S. The number of benzene rings is 1. The average molecular weight is 304 g/mol. The number of hydrogen-bond donors (Lipinski definition) is 1. The van der Waals surface area contributed by atoms with Crippen molar-refractivity contribution < 1.29 is 0 Å². The number of aromatic nitrogens is 2. The number of nitrogens with two attached hydrogens (primary N) is 1. The van der Waals surface area contributed by atoms with Crippen LogP contribution in [0, 0.1) is 6.92 Å². The Morgan fingerprint density at radius 1 is 1.25 bits per heavy atom. The van der Waals surface area contributed by atoms with E-state index in [1.165, 1.54) is 0 Å². The van der Waals surface area contributed by atoms with Gasteiger partial charge in [-0.25, -0.2) is 0 Å².